The lowest BCUT2D eigenvalue weighted by molar-refractivity contribution is -0.275. The maximum atomic E-state index is 13.6. The van der Waals surface area contributed by atoms with Gasteiger partial charge in [0.1, 0.15) is 11.5 Å². The fourth-order valence-electron chi connectivity index (χ4n) is 4.51. The average molecular weight is 631 g/mol. The van der Waals surface area contributed by atoms with Crippen molar-refractivity contribution in [1.82, 2.24) is 5.32 Å². The van der Waals surface area contributed by atoms with E-state index in [4.69, 9.17) is 5.73 Å². The summed E-state index contributed by atoms with van der Waals surface area (Å²) in [6, 6.07) is 17.9. The van der Waals surface area contributed by atoms with Gasteiger partial charge in [-0.05, 0) is 66.5 Å². The number of nitrogens with two attached hydrogens (primary N) is 1. The maximum absolute atomic E-state index is 13.6. The molecular formula is C31H27F9N2O2. The van der Waals surface area contributed by atoms with Crippen molar-refractivity contribution < 1.29 is 49.0 Å². The zero-order valence-corrected chi connectivity index (χ0v) is 23.1. The molecule has 0 aromatic heterocycles. The van der Waals surface area contributed by atoms with Crippen LogP contribution in [0.3, 0.4) is 0 Å². The smallest absolute Gasteiger partial charge is 0.406 e. The first kappa shape index (κ1) is 33.9. The summed E-state index contributed by atoms with van der Waals surface area (Å²) in [5.41, 5.74) is 4.23. The summed E-state index contributed by atoms with van der Waals surface area (Å²) >= 11 is 0. The Morgan fingerprint density at radius 2 is 1.25 bits per heavy atom. The number of nitrogens with one attached hydrogen (secondary N) is 1. The first-order valence-corrected chi connectivity index (χ1v) is 12.8. The van der Waals surface area contributed by atoms with Crippen LogP contribution in [0.25, 0.3) is 0 Å². The molecule has 3 aromatic carbocycles. The molecule has 0 heterocycles. The lowest BCUT2D eigenvalue weighted by atomic mass is 9.70. The van der Waals surface area contributed by atoms with E-state index in [1.54, 1.807) is 30.3 Å². The van der Waals surface area contributed by atoms with Crippen LogP contribution in [-0.4, -0.2) is 25.4 Å². The highest BCUT2D eigenvalue weighted by Gasteiger charge is 2.39. The van der Waals surface area contributed by atoms with Crippen molar-refractivity contribution in [2.75, 3.05) is 6.54 Å². The molecule has 44 heavy (non-hydrogen) atoms. The summed E-state index contributed by atoms with van der Waals surface area (Å²) in [5.74, 6) is -1.72. The quantitative estimate of drug-likeness (QED) is 0.165. The molecule has 0 unspecified atom stereocenters. The fraction of sp³-hybridized carbons (Fsp3) is 0.226. The first-order valence-electron chi connectivity index (χ1n) is 12.8. The van der Waals surface area contributed by atoms with E-state index in [-0.39, 0.29) is 29.7 Å². The van der Waals surface area contributed by atoms with Crippen LogP contribution in [0.15, 0.2) is 115 Å². The predicted octanol–water partition coefficient (Wildman–Crippen LogP) is 8.47. The molecular weight excluding hydrogens is 603 g/mol. The van der Waals surface area contributed by atoms with E-state index >= 15 is 0 Å². The Hall–Kier alpha value is -4.55. The number of hydrogen-bond acceptors (Lipinski definition) is 4. The number of allylic oxidation sites excluding steroid dienone is 4. The molecule has 0 atom stereocenters. The van der Waals surface area contributed by atoms with Gasteiger partial charge in [-0.1, -0.05) is 66.7 Å². The molecule has 4 nitrogen and oxygen atoms in total. The van der Waals surface area contributed by atoms with Crippen molar-refractivity contribution in [3.05, 3.63) is 131 Å². The molecule has 3 aromatic rings. The molecule has 0 saturated heterocycles. The highest BCUT2D eigenvalue weighted by atomic mass is 19.4. The maximum Gasteiger partial charge on any atom is 0.573 e. The van der Waals surface area contributed by atoms with Crippen molar-refractivity contribution >= 4 is 0 Å². The molecule has 236 valence electrons. The van der Waals surface area contributed by atoms with E-state index in [9.17, 15) is 39.5 Å². The number of benzene rings is 3. The predicted molar refractivity (Wildman–Crippen MR) is 146 cm³/mol. The van der Waals surface area contributed by atoms with Gasteiger partial charge in [0, 0.05) is 12.0 Å². The van der Waals surface area contributed by atoms with Gasteiger partial charge in [0.15, 0.2) is 0 Å². The average Bonchev–Trinajstić information content (AvgIpc) is 2.89. The Morgan fingerprint density at radius 1 is 0.750 bits per heavy atom. The third-order valence-electron chi connectivity index (χ3n) is 6.22. The van der Waals surface area contributed by atoms with Crippen molar-refractivity contribution in [2.24, 2.45) is 5.73 Å². The molecule has 0 spiro atoms. The van der Waals surface area contributed by atoms with Crippen LogP contribution in [0.4, 0.5) is 39.5 Å². The van der Waals surface area contributed by atoms with E-state index in [1.165, 1.54) is 31.2 Å². The van der Waals surface area contributed by atoms with Gasteiger partial charge in [-0.3, -0.25) is 0 Å². The summed E-state index contributed by atoms with van der Waals surface area (Å²) < 4.78 is 128. The summed E-state index contributed by atoms with van der Waals surface area (Å²) in [5, 5.41) is 2.69. The lowest BCUT2D eigenvalue weighted by Crippen LogP contribution is -2.42. The van der Waals surface area contributed by atoms with Gasteiger partial charge in [0.25, 0.3) is 0 Å². The summed E-state index contributed by atoms with van der Waals surface area (Å²) in [6.07, 6.45) is -13.6. The lowest BCUT2D eigenvalue weighted by Gasteiger charge is -2.36. The summed E-state index contributed by atoms with van der Waals surface area (Å²) in [6.45, 7) is 4.41. The zero-order valence-electron chi connectivity index (χ0n) is 23.1. The van der Waals surface area contributed by atoms with E-state index in [0.717, 1.165) is 30.3 Å². The highest BCUT2D eigenvalue weighted by molar-refractivity contribution is 5.48. The van der Waals surface area contributed by atoms with Crippen LogP contribution in [0.2, 0.25) is 0 Å². The van der Waals surface area contributed by atoms with Crippen LogP contribution in [-0.2, 0) is 11.8 Å². The van der Waals surface area contributed by atoms with Crippen LogP contribution in [0, 0.1) is 0 Å². The largest absolute Gasteiger partial charge is 0.573 e. The monoisotopic (exact) mass is 630 g/mol. The third-order valence-corrected chi connectivity index (χ3v) is 6.22. The fourth-order valence-corrected chi connectivity index (χ4v) is 4.51. The van der Waals surface area contributed by atoms with Crippen molar-refractivity contribution in [3.63, 3.8) is 0 Å². The topological polar surface area (TPSA) is 56.5 Å². The van der Waals surface area contributed by atoms with Crippen molar-refractivity contribution in [3.8, 4) is 11.5 Å². The molecule has 3 N–H and O–H groups in total. The highest BCUT2D eigenvalue weighted by Crippen LogP contribution is 2.40. The van der Waals surface area contributed by atoms with Crippen LogP contribution in [0.5, 0.6) is 11.5 Å². The van der Waals surface area contributed by atoms with Gasteiger partial charge in [0.05, 0.1) is 11.4 Å². The Labute approximate surface area is 247 Å². The van der Waals surface area contributed by atoms with E-state index in [0.29, 0.717) is 11.6 Å². The van der Waals surface area contributed by atoms with Gasteiger partial charge in [-0.15, -0.1) is 26.3 Å². The molecule has 0 saturated carbocycles. The molecule has 0 fully saturated rings. The second kappa shape index (κ2) is 13.4. The minimum atomic E-state index is -5.06. The van der Waals surface area contributed by atoms with Gasteiger partial charge in [-0.2, -0.15) is 13.2 Å². The standard InChI is InChI=1S/C31H27F9N2O2/c1-20(2)14-24(29(32,33)34)17-27(41)42-19-28(18-21-8-4-3-5-9-21,22-10-6-12-25(15-22)43-30(35,36)37)23-11-7-13-26(16-23)44-31(38,39)40/h3-17,42H,1,18-19,41H2,2H3/b24-14+,27-17+. The summed E-state index contributed by atoms with van der Waals surface area (Å²) in [7, 11) is 0. The molecule has 0 amide bonds. The molecule has 0 radical (unpaired) electrons. The zero-order chi connectivity index (χ0) is 32.8. The Kier molecular flexibility index (Phi) is 10.3. The molecule has 13 heteroatoms. The van der Waals surface area contributed by atoms with Crippen molar-refractivity contribution in [2.45, 2.75) is 37.7 Å². The Balaban J connectivity index is 2.25. The third kappa shape index (κ3) is 10.0. The van der Waals surface area contributed by atoms with E-state index < -0.39 is 47.2 Å². The van der Waals surface area contributed by atoms with Crippen molar-refractivity contribution in [1.29, 1.82) is 0 Å². The minimum absolute atomic E-state index is 0.0488. The van der Waals surface area contributed by atoms with Gasteiger partial charge in [0.2, 0.25) is 0 Å². The minimum Gasteiger partial charge on any atom is -0.406 e. The molecule has 0 aliphatic heterocycles. The Bertz CT molecular complexity index is 1430. The number of rotatable bonds is 11. The van der Waals surface area contributed by atoms with E-state index in [2.05, 4.69) is 21.4 Å². The summed E-state index contributed by atoms with van der Waals surface area (Å²) in [4.78, 5) is 0. The number of halogens is 9. The van der Waals surface area contributed by atoms with Gasteiger partial charge in [-0.25, -0.2) is 0 Å². The Morgan fingerprint density at radius 3 is 1.68 bits per heavy atom. The SMILES string of the molecule is C=C(C)/C=C(\C=C(/N)NCC(Cc1ccccc1)(c1cccc(OC(F)(F)F)c1)c1cccc(OC(F)(F)F)c1)C(F)(F)F. The normalized spacial score (nSPS) is 13.4. The molecule has 0 aliphatic carbocycles. The molecule has 0 bridgehead atoms. The number of ether oxygens (including phenoxy) is 2. The second-order valence-electron chi connectivity index (χ2n) is 9.79. The second-order valence-corrected chi connectivity index (χ2v) is 9.79. The molecule has 3 rings (SSSR count). The van der Waals surface area contributed by atoms with Crippen LogP contribution >= 0.6 is 0 Å². The van der Waals surface area contributed by atoms with Gasteiger partial charge < -0.3 is 20.5 Å². The number of hydrogen-bond donors (Lipinski definition) is 2. The van der Waals surface area contributed by atoms with E-state index in [1.807, 2.05) is 0 Å². The van der Waals surface area contributed by atoms with Crippen LogP contribution in [0.1, 0.15) is 23.6 Å². The molecule has 0 aliphatic rings. The van der Waals surface area contributed by atoms with Gasteiger partial charge >= 0.3 is 18.9 Å². The number of alkyl halides is 9. The first-order chi connectivity index (χ1) is 20.4. The van der Waals surface area contributed by atoms with Crippen LogP contribution < -0.4 is 20.5 Å².